The number of aryl methyl sites for hydroxylation is 1. The maximum Gasteiger partial charge on any atom is 0.273 e. The van der Waals surface area contributed by atoms with Crippen molar-refractivity contribution in [3.05, 3.63) is 62.7 Å². The Balaban J connectivity index is 2.27. The highest BCUT2D eigenvalue weighted by Gasteiger charge is 2.15. The third kappa shape index (κ3) is 3.51. The van der Waals surface area contributed by atoms with Gasteiger partial charge in [-0.25, -0.2) is 9.37 Å². The summed E-state index contributed by atoms with van der Waals surface area (Å²) in [7, 11) is 0. The van der Waals surface area contributed by atoms with Gasteiger partial charge >= 0.3 is 0 Å². The minimum atomic E-state index is -0.861. The van der Waals surface area contributed by atoms with E-state index in [-0.39, 0.29) is 5.56 Å². The molecule has 0 saturated heterocycles. The van der Waals surface area contributed by atoms with Crippen LogP contribution in [0.4, 0.5) is 15.8 Å². The molecular formula is C13H9ClFN3O3. The Morgan fingerprint density at radius 1 is 1.38 bits per heavy atom. The lowest BCUT2D eigenvalue weighted by Gasteiger charge is -2.06. The molecule has 8 heteroatoms. The number of aromatic nitrogens is 1. The standard InChI is InChI=1S/C13H9ClFN3O3/c1-7-2-10(6-16-12(7)14)17-13(19)8-3-9(15)5-11(4-8)18(20)21/h2-6H,1H3,(H,17,19). The third-order valence-electron chi connectivity index (χ3n) is 2.63. The quantitative estimate of drug-likeness (QED) is 0.535. The molecule has 1 heterocycles. The lowest BCUT2D eigenvalue weighted by atomic mass is 10.1. The van der Waals surface area contributed by atoms with Gasteiger partial charge in [0.15, 0.2) is 0 Å². The number of non-ortho nitro benzene ring substituents is 1. The van der Waals surface area contributed by atoms with E-state index in [9.17, 15) is 19.3 Å². The number of nitro benzene ring substituents is 1. The van der Waals surface area contributed by atoms with E-state index in [1.807, 2.05) is 0 Å². The molecule has 0 aliphatic heterocycles. The van der Waals surface area contributed by atoms with Gasteiger partial charge in [0.05, 0.1) is 22.9 Å². The molecule has 0 atom stereocenters. The van der Waals surface area contributed by atoms with E-state index in [1.165, 1.54) is 6.20 Å². The lowest BCUT2D eigenvalue weighted by Crippen LogP contribution is -2.13. The van der Waals surface area contributed by atoms with Gasteiger partial charge in [-0.2, -0.15) is 0 Å². The Labute approximate surface area is 123 Å². The highest BCUT2D eigenvalue weighted by molar-refractivity contribution is 6.30. The van der Waals surface area contributed by atoms with Crippen LogP contribution >= 0.6 is 11.6 Å². The zero-order valence-electron chi connectivity index (χ0n) is 10.8. The minimum Gasteiger partial charge on any atom is -0.321 e. The van der Waals surface area contributed by atoms with E-state index < -0.39 is 22.3 Å². The molecule has 0 aliphatic rings. The second-order valence-corrected chi connectivity index (χ2v) is 4.60. The molecule has 108 valence electrons. The zero-order valence-corrected chi connectivity index (χ0v) is 11.5. The van der Waals surface area contributed by atoms with E-state index in [0.717, 1.165) is 18.2 Å². The number of nitrogens with one attached hydrogen (secondary N) is 1. The predicted octanol–water partition coefficient (Wildman–Crippen LogP) is 3.34. The second-order valence-electron chi connectivity index (χ2n) is 4.24. The van der Waals surface area contributed by atoms with Gasteiger partial charge in [0, 0.05) is 11.6 Å². The minimum absolute atomic E-state index is 0.158. The van der Waals surface area contributed by atoms with Gasteiger partial charge in [-0.05, 0) is 24.6 Å². The molecule has 0 aliphatic carbocycles. The third-order valence-corrected chi connectivity index (χ3v) is 3.02. The van der Waals surface area contributed by atoms with Crippen molar-refractivity contribution >= 4 is 28.9 Å². The Bertz CT molecular complexity index is 737. The summed E-state index contributed by atoms with van der Waals surface area (Å²) in [5.74, 6) is -1.54. The van der Waals surface area contributed by atoms with Gasteiger partial charge in [-0.15, -0.1) is 0 Å². The second kappa shape index (κ2) is 5.84. The molecule has 2 aromatic rings. The maximum atomic E-state index is 13.3. The van der Waals surface area contributed by atoms with Crippen LogP contribution in [0.2, 0.25) is 5.15 Å². The molecule has 0 radical (unpaired) electrons. The number of halogens is 2. The first-order valence-electron chi connectivity index (χ1n) is 5.75. The van der Waals surface area contributed by atoms with Crippen LogP contribution in [0, 0.1) is 22.9 Å². The summed E-state index contributed by atoms with van der Waals surface area (Å²) in [6, 6.07) is 4.23. The number of anilines is 1. The Morgan fingerprint density at radius 3 is 2.71 bits per heavy atom. The number of hydrogen-bond donors (Lipinski definition) is 1. The average molecular weight is 310 g/mol. The molecule has 21 heavy (non-hydrogen) atoms. The number of hydrogen-bond acceptors (Lipinski definition) is 4. The van der Waals surface area contributed by atoms with Crippen molar-refractivity contribution in [2.75, 3.05) is 5.32 Å². The molecule has 6 nitrogen and oxygen atoms in total. The molecule has 1 aromatic carbocycles. The van der Waals surface area contributed by atoms with Gasteiger partial charge in [0.1, 0.15) is 11.0 Å². The number of pyridine rings is 1. The van der Waals surface area contributed by atoms with Crippen molar-refractivity contribution in [3.63, 3.8) is 0 Å². The van der Waals surface area contributed by atoms with E-state index in [4.69, 9.17) is 11.6 Å². The zero-order chi connectivity index (χ0) is 15.6. The Morgan fingerprint density at radius 2 is 2.10 bits per heavy atom. The molecular weight excluding hydrogens is 301 g/mol. The summed E-state index contributed by atoms with van der Waals surface area (Å²) >= 11 is 5.76. The first-order chi connectivity index (χ1) is 9.86. The number of benzene rings is 1. The van der Waals surface area contributed by atoms with Crippen molar-refractivity contribution in [2.45, 2.75) is 6.92 Å². The highest BCUT2D eigenvalue weighted by atomic mass is 35.5. The first kappa shape index (κ1) is 14.9. The van der Waals surface area contributed by atoms with Crippen molar-refractivity contribution in [3.8, 4) is 0 Å². The lowest BCUT2D eigenvalue weighted by molar-refractivity contribution is -0.385. The van der Waals surface area contributed by atoms with Crippen molar-refractivity contribution < 1.29 is 14.1 Å². The fourth-order valence-corrected chi connectivity index (χ4v) is 1.74. The largest absolute Gasteiger partial charge is 0.321 e. The molecule has 0 unspecified atom stereocenters. The summed E-state index contributed by atoms with van der Waals surface area (Å²) in [5.41, 5.74) is 0.355. The van der Waals surface area contributed by atoms with Crippen LogP contribution in [-0.2, 0) is 0 Å². The van der Waals surface area contributed by atoms with E-state index in [2.05, 4.69) is 10.3 Å². The van der Waals surface area contributed by atoms with Gasteiger partial charge in [0.25, 0.3) is 11.6 Å². The van der Waals surface area contributed by atoms with Gasteiger partial charge in [-0.3, -0.25) is 14.9 Å². The predicted molar refractivity (Wildman–Crippen MR) is 75.0 cm³/mol. The average Bonchev–Trinajstić information content (AvgIpc) is 2.42. The van der Waals surface area contributed by atoms with Crippen LogP contribution in [0.3, 0.4) is 0 Å². The number of nitrogens with zero attached hydrogens (tertiary/aromatic N) is 2. The SMILES string of the molecule is Cc1cc(NC(=O)c2cc(F)cc([N+](=O)[O-])c2)cnc1Cl. The topological polar surface area (TPSA) is 85.1 Å². The Hall–Kier alpha value is -2.54. The van der Waals surface area contributed by atoms with Gasteiger partial charge < -0.3 is 5.32 Å². The van der Waals surface area contributed by atoms with Crippen LogP contribution in [0.1, 0.15) is 15.9 Å². The van der Waals surface area contributed by atoms with Crippen LogP contribution in [-0.4, -0.2) is 15.8 Å². The molecule has 1 N–H and O–H groups in total. The van der Waals surface area contributed by atoms with Crippen LogP contribution < -0.4 is 5.32 Å². The fraction of sp³-hybridized carbons (Fsp3) is 0.0769. The smallest absolute Gasteiger partial charge is 0.273 e. The van der Waals surface area contributed by atoms with Crippen molar-refractivity contribution in [1.29, 1.82) is 0 Å². The first-order valence-corrected chi connectivity index (χ1v) is 6.13. The normalized spacial score (nSPS) is 10.2. The number of carbonyl (C=O) groups excluding carboxylic acids is 1. The summed E-state index contributed by atoms with van der Waals surface area (Å²) < 4.78 is 13.3. The highest BCUT2D eigenvalue weighted by Crippen LogP contribution is 2.19. The van der Waals surface area contributed by atoms with Crippen molar-refractivity contribution in [2.24, 2.45) is 0 Å². The summed E-state index contributed by atoms with van der Waals surface area (Å²) in [5, 5.41) is 13.4. The molecule has 0 fully saturated rings. The van der Waals surface area contributed by atoms with Gasteiger partial charge in [0.2, 0.25) is 0 Å². The maximum absolute atomic E-state index is 13.3. The van der Waals surface area contributed by atoms with Crippen molar-refractivity contribution in [1.82, 2.24) is 4.98 Å². The molecule has 0 saturated carbocycles. The number of nitro groups is 1. The molecule has 0 spiro atoms. The molecule has 2 rings (SSSR count). The molecule has 0 bridgehead atoms. The van der Waals surface area contributed by atoms with Gasteiger partial charge in [-0.1, -0.05) is 11.6 Å². The number of carbonyl (C=O) groups is 1. The van der Waals surface area contributed by atoms with Crippen LogP contribution in [0.15, 0.2) is 30.5 Å². The van der Waals surface area contributed by atoms with Crippen LogP contribution in [0.25, 0.3) is 0 Å². The Kier molecular flexibility index (Phi) is 4.13. The van der Waals surface area contributed by atoms with E-state index in [1.54, 1.807) is 13.0 Å². The fourth-order valence-electron chi connectivity index (χ4n) is 1.64. The van der Waals surface area contributed by atoms with Crippen LogP contribution in [0.5, 0.6) is 0 Å². The van der Waals surface area contributed by atoms with E-state index >= 15 is 0 Å². The van der Waals surface area contributed by atoms with E-state index in [0.29, 0.717) is 16.4 Å². The monoisotopic (exact) mass is 309 g/mol. The number of rotatable bonds is 3. The number of amides is 1. The summed E-state index contributed by atoms with van der Waals surface area (Å²) in [6.07, 6.45) is 1.33. The molecule has 1 aromatic heterocycles. The summed E-state index contributed by atoms with van der Waals surface area (Å²) in [6.45, 7) is 1.71. The summed E-state index contributed by atoms with van der Waals surface area (Å²) in [4.78, 5) is 25.7. The molecule has 1 amide bonds.